The number of fused-ring (bicyclic) bond motifs is 1. The van der Waals surface area contributed by atoms with E-state index in [9.17, 15) is 4.79 Å². The largest absolute Gasteiger partial charge is 0.384 e. The van der Waals surface area contributed by atoms with Crippen LogP contribution in [0.5, 0.6) is 0 Å². The van der Waals surface area contributed by atoms with Crippen molar-refractivity contribution in [1.29, 1.82) is 0 Å². The number of ether oxygens (including phenoxy) is 1. The van der Waals surface area contributed by atoms with Gasteiger partial charge in [0, 0.05) is 44.7 Å². The minimum atomic E-state index is -0.277. The smallest absolute Gasteiger partial charge is 0.239 e. The number of carbonyl (C=O) groups is 1. The molecule has 1 aliphatic carbocycles. The molecule has 2 aliphatic heterocycles. The van der Waals surface area contributed by atoms with Gasteiger partial charge in [-0.3, -0.25) is 4.79 Å². The monoisotopic (exact) mass is 295 g/mol. The first-order valence-electron chi connectivity index (χ1n) is 8.32. The van der Waals surface area contributed by atoms with Gasteiger partial charge in [0.15, 0.2) is 0 Å². The fourth-order valence-corrected chi connectivity index (χ4v) is 4.70. The van der Waals surface area contributed by atoms with Crippen molar-refractivity contribution in [3.63, 3.8) is 0 Å². The third-order valence-corrected chi connectivity index (χ3v) is 5.88. The summed E-state index contributed by atoms with van der Waals surface area (Å²) in [6, 6.07) is 0.676. The predicted octanol–water partition coefficient (Wildman–Crippen LogP) is 0.537. The number of rotatable bonds is 4. The van der Waals surface area contributed by atoms with Crippen LogP contribution in [0.2, 0.25) is 0 Å². The molecule has 0 aromatic rings. The molecule has 1 saturated carbocycles. The van der Waals surface area contributed by atoms with Crippen molar-refractivity contribution in [2.45, 2.75) is 44.8 Å². The quantitative estimate of drug-likeness (QED) is 0.822. The van der Waals surface area contributed by atoms with Crippen LogP contribution in [0.1, 0.15) is 26.7 Å². The summed E-state index contributed by atoms with van der Waals surface area (Å²) in [6.07, 6.45) is 1.93. The van der Waals surface area contributed by atoms with Gasteiger partial charge in [0.2, 0.25) is 5.91 Å². The van der Waals surface area contributed by atoms with Crippen molar-refractivity contribution in [2.24, 2.45) is 23.5 Å². The summed E-state index contributed by atoms with van der Waals surface area (Å²) in [5.41, 5.74) is 5.90. The number of likely N-dealkylation sites (tertiary alicyclic amines) is 2. The Hall–Kier alpha value is -0.650. The van der Waals surface area contributed by atoms with Crippen molar-refractivity contribution in [2.75, 3.05) is 33.4 Å². The Bertz CT molecular complexity index is 401. The third kappa shape index (κ3) is 2.60. The molecule has 3 rings (SSSR count). The van der Waals surface area contributed by atoms with Crippen molar-refractivity contribution >= 4 is 5.91 Å². The highest BCUT2D eigenvalue weighted by Gasteiger charge is 2.51. The second kappa shape index (κ2) is 5.86. The Labute approximate surface area is 127 Å². The van der Waals surface area contributed by atoms with Gasteiger partial charge in [-0.1, -0.05) is 0 Å². The average molecular weight is 295 g/mol. The fraction of sp³-hybridized carbons (Fsp3) is 0.938. The summed E-state index contributed by atoms with van der Waals surface area (Å²) in [5, 5.41) is 0. The summed E-state index contributed by atoms with van der Waals surface area (Å²) in [5.74, 6) is 2.00. The van der Waals surface area contributed by atoms with Crippen LogP contribution < -0.4 is 5.73 Å². The van der Waals surface area contributed by atoms with E-state index in [4.69, 9.17) is 10.5 Å². The van der Waals surface area contributed by atoms with E-state index in [1.54, 1.807) is 7.11 Å². The molecule has 2 heterocycles. The van der Waals surface area contributed by atoms with Crippen LogP contribution in [0.15, 0.2) is 0 Å². The first-order valence-corrected chi connectivity index (χ1v) is 8.32. The molecule has 0 aromatic heterocycles. The van der Waals surface area contributed by atoms with Crippen molar-refractivity contribution in [3.05, 3.63) is 0 Å². The molecule has 3 fully saturated rings. The lowest BCUT2D eigenvalue weighted by Gasteiger charge is -2.33. The molecule has 5 heteroatoms. The zero-order valence-electron chi connectivity index (χ0n) is 13.5. The third-order valence-electron chi connectivity index (χ3n) is 5.88. The molecule has 0 aromatic carbocycles. The van der Waals surface area contributed by atoms with Crippen molar-refractivity contribution < 1.29 is 9.53 Å². The van der Waals surface area contributed by atoms with Gasteiger partial charge in [-0.15, -0.1) is 0 Å². The molecular weight excluding hydrogens is 266 g/mol. The molecule has 0 radical (unpaired) electrons. The number of hydrogen-bond donors (Lipinski definition) is 1. The topological polar surface area (TPSA) is 58.8 Å². The first-order chi connectivity index (χ1) is 10.0. The van der Waals surface area contributed by atoms with Gasteiger partial charge >= 0.3 is 0 Å². The number of amides is 1. The molecule has 21 heavy (non-hydrogen) atoms. The molecule has 2 saturated heterocycles. The summed E-state index contributed by atoms with van der Waals surface area (Å²) in [7, 11) is 1.77. The molecule has 3 aliphatic rings. The Morgan fingerprint density at radius 2 is 2.14 bits per heavy atom. The maximum absolute atomic E-state index is 12.3. The van der Waals surface area contributed by atoms with Crippen LogP contribution in [-0.2, 0) is 9.53 Å². The van der Waals surface area contributed by atoms with Crippen molar-refractivity contribution in [1.82, 2.24) is 9.80 Å². The summed E-state index contributed by atoms with van der Waals surface area (Å²) >= 11 is 0. The van der Waals surface area contributed by atoms with Gasteiger partial charge < -0.3 is 20.3 Å². The van der Waals surface area contributed by atoms with Crippen LogP contribution in [0.3, 0.4) is 0 Å². The molecule has 0 bridgehead atoms. The van der Waals surface area contributed by atoms with Crippen molar-refractivity contribution in [3.8, 4) is 0 Å². The lowest BCUT2D eigenvalue weighted by molar-refractivity contribution is -0.132. The van der Waals surface area contributed by atoms with Crippen LogP contribution in [-0.4, -0.2) is 67.2 Å². The average Bonchev–Trinajstić information content (AvgIpc) is 3.07. The molecule has 0 spiro atoms. The lowest BCUT2D eigenvalue weighted by atomic mass is 9.91. The van der Waals surface area contributed by atoms with E-state index in [1.165, 1.54) is 6.54 Å². The maximum atomic E-state index is 12.3. The molecular formula is C16H29N3O2. The highest BCUT2D eigenvalue weighted by Crippen LogP contribution is 2.45. The molecule has 2 N–H and O–H groups in total. The lowest BCUT2D eigenvalue weighted by Crippen LogP contribution is -2.45. The second-order valence-electron chi connectivity index (χ2n) is 7.32. The summed E-state index contributed by atoms with van der Waals surface area (Å²) < 4.78 is 5.49. The van der Waals surface area contributed by atoms with Crippen LogP contribution in [0, 0.1) is 17.8 Å². The standard InChI is InChI=1S/C16H29N3O2/c1-10(2)18-7-11-6-15(13(9-21-3)12(11)8-18)19-5-4-14(17)16(19)20/h10-15H,4-9,17H2,1-3H3. The number of nitrogens with two attached hydrogens (primary N) is 1. The summed E-state index contributed by atoms with van der Waals surface area (Å²) in [4.78, 5) is 16.9. The Kier molecular flexibility index (Phi) is 4.26. The molecule has 5 atom stereocenters. The Balaban J connectivity index is 1.74. The SMILES string of the molecule is COCC1C2CN(C(C)C)CC2CC1N1CCC(N)C1=O. The van der Waals surface area contributed by atoms with Gasteiger partial charge in [0.25, 0.3) is 0 Å². The normalized spacial score (nSPS) is 40.5. The van der Waals surface area contributed by atoms with Crippen LogP contribution in [0.25, 0.3) is 0 Å². The second-order valence-corrected chi connectivity index (χ2v) is 7.32. The Morgan fingerprint density at radius 3 is 2.71 bits per heavy atom. The van der Waals surface area contributed by atoms with Gasteiger partial charge in [-0.2, -0.15) is 0 Å². The number of nitrogens with zero attached hydrogens (tertiary/aromatic N) is 2. The minimum absolute atomic E-state index is 0.154. The summed E-state index contributed by atoms with van der Waals surface area (Å²) in [6.45, 7) is 8.46. The molecule has 120 valence electrons. The Morgan fingerprint density at radius 1 is 1.38 bits per heavy atom. The van der Waals surface area contributed by atoms with E-state index in [2.05, 4.69) is 23.6 Å². The fourth-order valence-electron chi connectivity index (χ4n) is 4.70. The predicted molar refractivity (Wildman–Crippen MR) is 81.8 cm³/mol. The van der Waals surface area contributed by atoms with Gasteiger partial charge in [0.1, 0.15) is 0 Å². The van der Waals surface area contributed by atoms with E-state index >= 15 is 0 Å². The highest BCUT2D eigenvalue weighted by atomic mass is 16.5. The highest BCUT2D eigenvalue weighted by molar-refractivity contribution is 5.84. The van der Waals surface area contributed by atoms with E-state index < -0.39 is 0 Å². The van der Waals surface area contributed by atoms with E-state index in [-0.39, 0.29) is 11.9 Å². The van der Waals surface area contributed by atoms with E-state index in [0.29, 0.717) is 29.8 Å². The number of methoxy groups -OCH3 is 1. The minimum Gasteiger partial charge on any atom is -0.384 e. The van der Waals surface area contributed by atoms with E-state index in [1.807, 2.05) is 0 Å². The van der Waals surface area contributed by atoms with Gasteiger partial charge in [0.05, 0.1) is 12.6 Å². The molecule has 5 unspecified atom stereocenters. The van der Waals surface area contributed by atoms with Gasteiger partial charge in [-0.25, -0.2) is 0 Å². The zero-order chi connectivity index (χ0) is 15.1. The number of carbonyl (C=O) groups excluding carboxylic acids is 1. The molecule has 1 amide bonds. The van der Waals surface area contributed by atoms with Gasteiger partial charge in [-0.05, 0) is 38.5 Å². The van der Waals surface area contributed by atoms with Crippen LogP contribution in [0.4, 0.5) is 0 Å². The van der Waals surface area contributed by atoms with Crippen LogP contribution >= 0.6 is 0 Å². The zero-order valence-corrected chi connectivity index (χ0v) is 13.5. The van der Waals surface area contributed by atoms with E-state index in [0.717, 1.165) is 32.5 Å². The number of hydrogen-bond acceptors (Lipinski definition) is 4. The maximum Gasteiger partial charge on any atom is 0.239 e. The molecule has 5 nitrogen and oxygen atoms in total. The first kappa shape index (κ1) is 15.3.